The van der Waals surface area contributed by atoms with Crippen molar-refractivity contribution >= 4 is 11.9 Å². The first-order chi connectivity index (χ1) is 13.5. The van der Waals surface area contributed by atoms with Crippen LogP contribution < -0.4 is 10.6 Å². The summed E-state index contributed by atoms with van der Waals surface area (Å²) in [5.41, 5.74) is 0. The van der Waals surface area contributed by atoms with E-state index in [4.69, 9.17) is 4.74 Å². The smallest absolute Gasteiger partial charge is 0.317 e. The van der Waals surface area contributed by atoms with Gasteiger partial charge in [0.05, 0.1) is 19.1 Å². The van der Waals surface area contributed by atoms with Gasteiger partial charge in [-0.2, -0.15) is 0 Å². The quantitative estimate of drug-likeness (QED) is 0.721. The fraction of sp³-hybridized carbons (Fsp3) is 0.905. The van der Waals surface area contributed by atoms with E-state index in [-0.39, 0.29) is 23.9 Å². The molecular formula is C21H38N4O3. The number of carbonyl (C=O) groups is 2. The largest absolute Gasteiger partial charge is 0.379 e. The molecule has 0 bridgehead atoms. The maximum Gasteiger partial charge on any atom is 0.317 e. The normalized spacial score (nSPS) is 25.7. The van der Waals surface area contributed by atoms with E-state index < -0.39 is 0 Å². The Labute approximate surface area is 169 Å². The summed E-state index contributed by atoms with van der Waals surface area (Å²) in [4.78, 5) is 29.8. The summed E-state index contributed by atoms with van der Waals surface area (Å²) in [7, 11) is 0. The molecule has 0 radical (unpaired) electrons. The zero-order valence-electron chi connectivity index (χ0n) is 17.6. The molecule has 0 spiro atoms. The van der Waals surface area contributed by atoms with Crippen molar-refractivity contribution in [2.45, 2.75) is 64.5 Å². The predicted octanol–water partition coefficient (Wildman–Crippen LogP) is 1.82. The van der Waals surface area contributed by atoms with Gasteiger partial charge in [0.2, 0.25) is 5.91 Å². The van der Waals surface area contributed by atoms with Crippen LogP contribution >= 0.6 is 0 Å². The molecule has 2 atom stereocenters. The molecule has 7 nitrogen and oxygen atoms in total. The van der Waals surface area contributed by atoms with E-state index in [0.29, 0.717) is 18.5 Å². The number of urea groups is 1. The van der Waals surface area contributed by atoms with Crippen LogP contribution in [0.25, 0.3) is 0 Å². The summed E-state index contributed by atoms with van der Waals surface area (Å²) in [5.74, 6) is 0.372. The summed E-state index contributed by atoms with van der Waals surface area (Å²) in [6, 6.07) is 0.465. The number of hydrogen-bond acceptors (Lipinski definition) is 4. The van der Waals surface area contributed by atoms with Crippen molar-refractivity contribution in [1.29, 1.82) is 0 Å². The van der Waals surface area contributed by atoms with Crippen molar-refractivity contribution in [2.75, 3.05) is 45.9 Å². The zero-order valence-corrected chi connectivity index (χ0v) is 17.6. The van der Waals surface area contributed by atoms with Crippen molar-refractivity contribution < 1.29 is 14.3 Å². The molecule has 1 aliphatic carbocycles. The molecule has 1 saturated carbocycles. The Kier molecular flexibility index (Phi) is 7.97. The molecule has 0 aromatic heterocycles. The van der Waals surface area contributed by atoms with Gasteiger partial charge in [-0.1, -0.05) is 26.7 Å². The van der Waals surface area contributed by atoms with Crippen LogP contribution in [0.4, 0.5) is 4.79 Å². The first-order valence-electron chi connectivity index (χ1n) is 11.2. The summed E-state index contributed by atoms with van der Waals surface area (Å²) in [6.07, 6.45) is 6.33. The Morgan fingerprint density at radius 1 is 1.04 bits per heavy atom. The van der Waals surface area contributed by atoms with E-state index in [1.54, 1.807) is 0 Å². The molecule has 3 rings (SSSR count). The van der Waals surface area contributed by atoms with Crippen LogP contribution in [0.3, 0.4) is 0 Å². The zero-order chi connectivity index (χ0) is 19.9. The summed E-state index contributed by atoms with van der Waals surface area (Å²) < 4.78 is 5.43. The fourth-order valence-corrected chi connectivity index (χ4v) is 4.50. The Bertz CT molecular complexity index is 516. The third kappa shape index (κ3) is 6.08. The molecule has 3 fully saturated rings. The number of rotatable bonds is 6. The number of nitrogens with zero attached hydrogens (tertiary/aromatic N) is 2. The Morgan fingerprint density at radius 2 is 1.75 bits per heavy atom. The number of piperidine rings is 1. The van der Waals surface area contributed by atoms with Gasteiger partial charge in [-0.3, -0.25) is 9.69 Å². The molecule has 0 aromatic carbocycles. The third-order valence-corrected chi connectivity index (χ3v) is 6.45. The lowest BCUT2D eigenvalue weighted by molar-refractivity contribution is -0.127. The molecular weight excluding hydrogens is 356 g/mol. The van der Waals surface area contributed by atoms with Crippen LogP contribution in [-0.2, 0) is 9.53 Å². The second-order valence-electron chi connectivity index (χ2n) is 8.99. The number of amides is 3. The van der Waals surface area contributed by atoms with Crippen LogP contribution in [0.15, 0.2) is 0 Å². The van der Waals surface area contributed by atoms with Crippen molar-refractivity contribution in [2.24, 2.45) is 11.8 Å². The number of nitrogens with one attached hydrogen (secondary N) is 2. The van der Waals surface area contributed by atoms with Gasteiger partial charge in [0.1, 0.15) is 0 Å². The van der Waals surface area contributed by atoms with E-state index in [0.717, 1.165) is 65.1 Å². The molecule has 2 N–H and O–H groups in total. The minimum Gasteiger partial charge on any atom is -0.379 e. The number of ether oxygens (including phenoxy) is 1. The second-order valence-corrected chi connectivity index (χ2v) is 8.99. The minimum absolute atomic E-state index is 0.0122. The topological polar surface area (TPSA) is 73.9 Å². The Hall–Kier alpha value is -1.34. The standard InChI is InChI=1S/C21H38N4O3/c1-16(2)19(15-24-10-12-28-13-11-24)23-20(26)17-6-5-9-25(14-17)21(27)22-18-7-3-4-8-18/h16-19H,3-15H2,1-2H3,(H,22,27)(H,23,26)/t17-,19-/m1/s1. The number of hydrogen-bond donors (Lipinski definition) is 2. The SMILES string of the molecule is CC(C)[C@@H](CN1CCOCC1)NC(=O)[C@@H]1CCCN(C(=O)NC2CCCC2)C1. The second kappa shape index (κ2) is 10.4. The van der Waals surface area contributed by atoms with Crippen molar-refractivity contribution in [3.8, 4) is 0 Å². The van der Waals surface area contributed by atoms with Gasteiger partial charge in [0, 0.05) is 44.8 Å². The molecule has 2 saturated heterocycles. The average molecular weight is 395 g/mol. The summed E-state index contributed by atoms with van der Waals surface area (Å²) >= 11 is 0. The maximum absolute atomic E-state index is 13.0. The van der Waals surface area contributed by atoms with Crippen molar-refractivity contribution in [3.63, 3.8) is 0 Å². The lowest BCUT2D eigenvalue weighted by atomic mass is 9.95. The highest BCUT2D eigenvalue weighted by molar-refractivity contribution is 5.81. The van der Waals surface area contributed by atoms with Crippen LogP contribution in [0.1, 0.15) is 52.4 Å². The number of carbonyl (C=O) groups excluding carboxylic acids is 2. The van der Waals surface area contributed by atoms with Gasteiger partial charge in [-0.15, -0.1) is 0 Å². The van der Waals surface area contributed by atoms with E-state index in [1.807, 2.05) is 4.90 Å². The van der Waals surface area contributed by atoms with Gasteiger partial charge in [-0.05, 0) is 31.6 Å². The predicted molar refractivity (Wildman–Crippen MR) is 109 cm³/mol. The van der Waals surface area contributed by atoms with Crippen LogP contribution in [0.5, 0.6) is 0 Å². The van der Waals surface area contributed by atoms with Crippen molar-refractivity contribution in [3.05, 3.63) is 0 Å². The van der Waals surface area contributed by atoms with Crippen LogP contribution in [0.2, 0.25) is 0 Å². The van der Waals surface area contributed by atoms with E-state index in [9.17, 15) is 9.59 Å². The number of likely N-dealkylation sites (tertiary alicyclic amines) is 1. The molecule has 28 heavy (non-hydrogen) atoms. The van der Waals surface area contributed by atoms with Gasteiger partial charge in [-0.25, -0.2) is 4.79 Å². The highest BCUT2D eigenvalue weighted by atomic mass is 16.5. The molecule has 0 unspecified atom stereocenters. The Morgan fingerprint density at radius 3 is 2.43 bits per heavy atom. The number of morpholine rings is 1. The van der Waals surface area contributed by atoms with E-state index in [1.165, 1.54) is 12.8 Å². The lowest BCUT2D eigenvalue weighted by Gasteiger charge is -2.36. The first-order valence-corrected chi connectivity index (χ1v) is 11.2. The summed E-state index contributed by atoms with van der Waals surface area (Å²) in [5, 5.41) is 6.44. The van der Waals surface area contributed by atoms with Gasteiger partial charge < -0.3 is 20.3 Å². The van der Waals surface area contributed by atoms with Crippen molar-refractivity contribution in [1.82, 2.24) is 20.4 Å². The molecule has 160 valence electrons. The average Bonchev–Trinajstić information content (AvgIpc) is 3.21. The lowest BCUT2D eigenvalue weighted by Crippen LogP contribution is -2.54. The van der Waals surface area contributed by atoms with Gasteiger partial charge in [0.25, 0.3) is 0 Å². The maximum atomic E-state index is 13.0. The molecule has 3 aliphatic rings. The highest BCUT2D eigenvalue weighted by Gasteiger charge is 2.31. The van der Waals surface area contributed by atoms with Crippen LogP contribution in [-0.4, -0.2) is 79.8 Å². The molecule has 7 heteroatoms. The highest BCUT2D eigenvalue weighted by Crippen LogP contribution is 2.21. The fourth-order valence-electron chi connectivity index (χ4n) is 4.50. The Balaban J connectivity index is 1.49. The molecule has 3 amide bonds. The third-order valence-electron chi connectivity index (χ3n) is 6.45. The van der Waals surface area contributed by atoms with E-state index in [2.05, 4.69) is 29.4 Å². The molecule has 2 aliphatic heterocycles. The minimum atomic E-state index is -0.103. The van der Waals surface area contributed by atoms with Gasteiger partial charge in [0.15, 0.2) is 0 Å². The molecule has 0 aromatic rings. The molecule has 2 heterocycles. The summed E-state index contributed by atoms with van der Waals surface area (Å²) in [6.45, 7) is 9.87. The van der Waals surface area contributed by atoms with Gasteiger partial charge >= 0.3 is 6.03 Å². The monoisotopic (exact) mass is 394 g/mol. The first kappa shape index (κ1) is 21.4. The van der Waals surface area contributed by atoms with E-state index >= 15 is 0 Å². The van der Waals surface area contributed by atoms with Crippen LogP contribution in [0, 0.1) is 11.8 Å².